The van der Waals surface area contributed by atoms with Gasteiger partial charge in [0.25, 0.3) is 0 Å². The first kappa shape index (κ1) is 18.9. The Hall–Kier alpha value is -1.19. The predicted octanol–water partition coefficient (Wildman–Crippen LogP) is 3.58. The van der Waals surface area contributed by atoms with Gasteiger partial charge < -0.3 is 4.79 Å². The van der Waals surface area contributed by atoms with Crippen molar-refractivity contribution in [3.63, 3.8) is 0 Å². The molecule has 4 heteroatoms. The Labute approximate surface area is 134 Å². The highest BCUT2D eigenvalue weighted by atomic mass is 16.2. The summed E-state index contributed by atoms with van der Waals surface area (Å²) in [6, 6.07) is 0. The lowest BCUT2D eigenvalue weighted by molar-refractivity contribution is -0.148. The van der Waals surface area contributed by atoms with E-state index in [9.17, 15) is 14.4 Å². The van der Waals surface area contributed by atoms with Crippen molar-refractivity contribution in [1.82, 2.24) is 4.90 Å². The minimum absolute atomic E-state index is 0.0739. The summed E-state index contributed by atoms with van der Waals surface area (Å²) >= 11 is 0. The van der Waals surface area contributed by atoms with Crippen LogP contribution in [0.2, 0.25) is 0 Å². The third-order valence-corrected chi connectivity index (χ3v) is 4.80. The van der Waals surface area contributed by atoms with Gasteiger partial charge in [0, 0.05) is 17.4 Å². The maximum Gasteiger partial charge on any atom is 0.233 e. The summed E-state index contributed by atoms with van der Waals surface area (Å²) in [6.45, 7) is 13.7. The van der Waals surface area contributed by atoms with Crippen molar-refractivity contribution in [2.24, 2.45) is 16.7 Å². The van der Waals surface area contributed by atoms with Crippen LogP contribution in [-0.2, 0) is 14.4 Å². The monoisotopic (exact) mass is 309 g/mol. The third-order valence-electron chi connectivity index (χ3n) is 4.80. The van der Waals surface area contributed by atoms with Crippen LogP contribution in [0.1, 0.15) is 74.1 Å². The zero-order valence-electron chi connectivity index (χ0n) is 15.2. The molecule has 0 spiro atoms. The highest BCUT2D eigenvalue weighted by Gasteiger charge is 2.51. The van der Waals surface area contributed by atoms with Crippen molar-refractivity contribution in [3.8, 4) is 0 Å². The van der Waals surface area contributed by atoms with Crippen molar-refractivity contribution in [2.45, 2.75) is 79.7 Å². The summed E-state index contributed by atoms with van der Waals surface area (Å²) in [5.74, 6) is -0.431. The van der Waals surface area contributed by atoms with E-state index in [0.717, 1.165) is 19.1 Å². The number of imide groups is 1. The van der Waals surface area contributed by atoms with Gasteiger partial charge in [-0.25, -0.2) is 0 Å². The van der Waals surface area contributed by atoms with Gasteiger partial charge in [0.2, 0.25) is 11.8 Å². The number of carbonyl (C=O) groups is 3. The largest absolute Gasteiger partial charge is 0.303 e. The minimum Gasteiger partial charge on any atom is -0.303 e. The number of rotatable bonds is 7. The first-order valence-corrected chi connectivity index (χ1v) is 8.21. The molecule has 2 amide bonds. The minimum atomic E-state index is -0.643. The van der Waals surface area contributed by atoms with Gasteiger partial charge in [-0.1, -0.05) is 41.0 Å². The number of nitrogens with zero attached hydrogens (tertiary/aromatic N) is 1. The summed E-state index contributed by atoms with van der Waals surface area (Å²) < 4.78 is 0. The molecule has 0 aromatic heterocycles. The molecule has 0 N–H and O–H groups in total. The van der Waals surface area contributed by atoms with Gasteiger partial charge in [-0.3, -0.25) is 14.5 Å². The second-order valence-corrected chi connectivity index (χ2v) is 8.66. The lowest BCUT2D eigenvalue weighted by Gasteiger charge is -2.39. The van der Waals surface area contributed by atoms with Crippen LogP contribution in [-0.4, -0.2) is 28.5 Å². The van der Waals surface area contributed by atoms with E-state index in [0.29, 0.717) is 6.42 Å². The highest BCUT2D eigenvalue weighted by molar-refractivity contribution is 6.04. The molecule has 1 heterocycles. The topological polar surface area (TPSA) is 54.5 Å². The Morgan fingerprint density at radius 2 is 1.68 bits per heavy atom. The maximum absolute atomic E-state index is 12.9. The summed E-state index contributed by atoms with van der Waals surface area (Å²) in [7, 11) is 0. The van der Waals surface area contributed by atoms with E-state index >= 15 is 0 Å². The molecular weight excluding hydrogens is 278 g/mol. The SMILES string of the molecule is CCCC(C)(C)C1CC(=O)N(C(C)(C)CC(C)(C)C=O)C1=O. The van der Waals surface area contributed by atoms with Crippen LogP contribution in [0.15, 0.2) is 0 Å². The summed E-state index contributed by atoms with van der Waals surface area (Å²) in [5, 5.41) is 0. The molecule has 0 bridgehead atoms. The molecule has 0 saturated carbocycles. The second kappa shape index (κ2) is 6.13. The summed E-state index contributed by atoms with van der Waals surface area (Å²) in [6.07, 6.45) is 3.58. The molecule has 1 rings (SSSR count). The Morgan fingerprint density at radius 1 is 1.14 bits per heavy atom. The number of aldehydes is 1. The molecule has 22 heavy (non-hydrogen) atoms. The number of hydrogen-bond donors (Lipinski definition) is 0. The van der Waals surface area contributed by atoms with Crippen molar-refractivity contribution < 1.29 is 14.4 Å². The van der Waals surface area contributed by atoms with Gasteiger partial charge in [0.1, 0.15) is 6.29 Å². The zero-order chi connectivity index (χ0) is 17.3. The number of carbonyl (C=O) groups excluding carboxylic acids is 3. The van der Waals surface area contributed by atoms with Crippen molar-refractivity contribution >= 4 is 18.1 Å². The van der Waals surface area contributed by atoms with Crippen LogP contribution in [0.4, 0.5) is 0 Å². The molecule has 1 aliphatic heterocycles. The Bertz CT molecular complexity index is 463. The zero-order valence-corrected chi connectivity index (χ0v) is 15.2. The smallest absolute Gasteiger partial charge is 0.233 e. The molecule has 0 aromatic carbocycles. The van der Waals surface area contributed by atoms with E-state index in [2.05, 4.69) is 20.8 Å². The lowest BCUT2D eigenvalue weighted by Crippen LogP contribution is -2.51. The fraction of sp³-hybridized carbons (Fsp3) is 0.833. The van der Waals surface area contributed by atoms with Crippen molar-refractivity contribution in [1.29, 1.82) is 0 Å². The maximum atomic E-state index is 12.9. The van der Waals surface area contributed by atoms with Crippen molar-refractivity contribution in [3.05, 3.63) is 0 Å². The molecular formula is C18H31NO3. The van der Waals surface area contributed by atoms with Crippen LogP contribution in [0.25, 0.3) is 0 Å². The summed E-state index contributed by atoms with van der Waals surface area (Å²) in [5.41, 5.74) is -1.37. The Morgan fingerprint density at radius 3 is 2.14 bits per heavy atom. The van der Waals surface area contributed by atoms with Gasteiger partial charge in [0.15, 0.2) is 0 Å². The van der Waals surface area contributed by atoms with E-state index in [-0.39, 0.29) is 29.6 Å². The summed E-state index contributed by atoms with van der Waals surface area (Å²) in [4.78, 5) is 38.0. The fourth-order valence-electron chi connectivity index (χ4n) is 3.93. The van der Waals surface area contributed by atoms with E-state index < -0.39 is 11.0 Å². The normalized spacial score (nSPS) is 20.7. The van der Waals surface area contributed by atoms with Crippen LogP contribution < -0.4 is 0 Å². The van der Waals surface area contributed by atoms with E-state index in [1.807, 2.05) is 27.7 Å². The van der Waals surface area contributed by atoms with E-state index in [1.54, 1.807) is 0 Å². The quantitative estimate of drug-likeness (QED) is 0.533. The Balaban J connectivity index is 3.04. The van der Waals surface area contributed by atoms with Gasteiger partial charge in [-0.2, -0.15) is 0 Å². The molecule has 126 valence electrons. The molecule has 1 unspecified atom stereocenters. The molecule has 0 aromatic rings. The highest BCUT2D eigenvalue weighted by Crippen LogP contribution is 2.43. The standard InChI is InChI=1S/C18H31NO3/c1-8-9-17(4,5)13-10-14(21)19(15(13)22)18(6,7)11-16(2,3)12-20/h12-13H,8-11H2,1-7H3. The average Bonchev–Trinajstić information content (AvgIpc) is 2.64. The molecule has 4 nitrogen and oxygen atoms in total. The first-order chi connectivity index (χ1) is 9.88. The van der Waals surface area contributed by atoms with Gasteiger partial charge in [-0.15, -0.1) is 0 Å². The average molecular weight is 309 g/mol. The molecule has 0 aliphatic carbocycles. The number of likely N-dealkylation sites (tertiary alicyclic amines) is 1. The Kier molecular flexibility index (Phi) is 5.26. The van der Waals surface area contributed by atoms with Crippen LogP contribution in [0.5, 0.6) is 0 Å². The predicted molar refractivity (Wildman–Crippen MR) is 87.2 cm³/mol. The van der Waals surface area contributed by atoms with E-state index in [4.69, 9.17) is 0 Å². The van der Waals surface area contributed by atoms with Crippen LogP contribution in [0.3, 0.4) is 0 Å². The van der Waals surface area contributed by atoms with Gasteiger partial charge in [-0.05, 0) is 32.1 Å². The second-order valence-electron chi connectivity index (χ2n) is 8.66. The van der Waals surface area contributed by atoms with Gasteiger partial charge in [0.05, 0.1) is 5.92 Å². The van der Waals surface area contributed by atoms with Crippen LogP contribution >= 0.6 is 0 Å². The molecule has 0 radical (unpaired) electrons. The van der Waals surface area contributed by atoms with Gasteiger partial charge >= 0.3 is 0 Å². The third kappa shape index (κ3) is 3.76. The number of amides is 2. The fourth-order valence-corrected chi connectivity index (χ4v) is 3.93. The van der Waals surface area contributed by atoms with Crippen molar-refractivity contribution in [2.75, 3.05) is 0 Å². The van der Waals surface area contributed by atoms with E-state index in [1.165, 1.54) is 4.90 Å². The first-order valence-electron chi connectivity index (χ1n) is 8.21. The lowest BCUT2D eigenvalue weighted by atomic mass is 9.74. The molecule has 1 atom stereocenters. The van der Waals surface area contributed by atoms with Crippen LogP contribution in [0, 0.1) is 16.7 Å². The molecule has 1 fully saturated rings. The molecule has 1 saturated heterocycles. The molecule has 1 aliphatic rings. The number of hydrogen-bond acceptors (Lipinski definition) is 3.